The molecule has 1 aromatic rings. The molecule has 0 saturated heterocycles. The number of nitrogens with one attached hydrogen (secondary N) is 2. The highest BCUT2D eigenvalue weighted by Gasteiger charge is 2.20. The van der Waals surface area contributed by atoms with Crippen molar-refractivity contribution >= 4 is 17.1 Å². The molecule has 20 heavy (non-hydrogen) atoms. The second-order valence-electron chi connectivity index (χ2n) is 4.68. The first kappa shape index (κ1) is 14.0. The average molecular weight is 267 g/mol. The lowest BCUT2D eigenvalue weighted by Crippen LogP contribution is -2.73. The van der Waals surface area contributed by atoms with E-state index < -0.39 is 0 Å². The largest absolute Gasteiger partial charge is 0.398 e. The first-order valence-electron chi connectivity index (χ1n) is 6.48. The van der Waals surface area contributed by atoms with Crippen molar-refractivity contribution in [3.8, 4) is 0 Å². The number of nitrogens with two attached hydrogens (primary N) is 2. The molecule has 0 fully saturated rings. The molecule has 0 radical (unpaired) electrons. The lowest BCUT2D eigenvalue weighted by atomic mass is 9.89. The standard InChI is InChI=1S/C16H18N4/c1-10-5-3-7-12(15(10)18)16(19)11-6-4-8-14(17)13(11)9-20-2/h3-9,17,19-20H,18H2,1-2H3/p+1/b13-9-,17-14?,19-16?. The Kier molecular flexibility index (Phi) is 3.96. The van der Waals surface area contributed by atoms with Crippen LogP contribution >= 0.6 is 0 Å². The van der Waals surface area contributed by atoms with E-state index in [4.69, 9.17) is 16.6 Å². The average Bonchev–Trinajstić information content (AvgIpc) is 2.43. The van der Waals surface area contributed by atoms with Crippen LogP contribution in [0.25, 0.3) is 0 Å². The van der Waals surface area contributed by atoms with Crippen molar-refractivity contribution in [3.05, 3.63) is 64.9 Å². The number of rotatable bonds is 3. The lowest BCUT2D eigenvalue weighted by Gasteiger charge is -2.16. The predicted molar refractivity (Wildman–Crippen MR) is 83.3 cm³/mol. The highest BCUT2D eigenvalue weighted by atomic mass is 14.8. The van der Waals surface area contributed by atoms with Gasteiger partial charge in [-0.05, 0) is 18.6 Å². The number of para-hydroxylation sites is 1. The van der Waals surface area contributed by atoms with Gasteiger partial charge in [-0.2, -0.15) is 0 Å². The van der Waals surface area contributed by atoms with Crippen LogP contribution in [0.2, 0.25) is 0 Å². The van der Waals surface area contributed by atoms with E-state index in [9.17, 15) is 0 Å². The SMILES string of the molecule is C[NH2+]/C=C1\C(=N)C=CC=C1C(=N)c1cccc(C)c1N. The highest BCUT2D eigenvalue weighted by Crippen LogP contribution is 2.25. The summed E-state index contributed by atoms with van der Waals surface area (Å²) in [5.74, 6) is 0. The number of hydrogen-bond donors (Lipinski definition) is 4. The van der Waals surface area contributed by atoms with Gasteiger partial charge >= 0.3 is 0 Å². The summed E-state index contributed by atoms with van der Waals surface area (Å²) in [6.45, 7) is 1.93. The molecule has 4 heteroatoms. The van der Waals surface area contributed by atoms with E-state index in [1.165, 1.54) is 0 Å². The molecule has 4 nitrogen and oxygen atoms in total. The fraction of sp³-hybridized carbons (Fsp3) is 0.125. The summed E-state index contributed by atoms with van der Waals surface area (Å²) in [6.07, 6.45) is 7.24. The summed E-state index contributed by atoms with van der Waals surface area (Å²) >= 11 is 0. The smallest absolute Gasteiger partial charge is 0.103 e. The highest BCUT2D eigenvalue weighted by molar-refractivity contribution is 6.25. The van der Waals surface area contributed by atoms with Gasteiger partial charge < -0.3 is 16.5 Å². The van der Waals surface area contributed by atoms with Crippen LogP contribution in [0.4, 0.5) is 5.69 Å². The zero-order valence-electron chi connectivity index (χ0n) is 11.7. The molecule has 102 valence electrons. The summed E-state index contributed by atoms with van der Waals surface area (Å²) < 4.78 is 0. The summed E-state index contributed by atoms with van der Waals surface area (Å²) in [5.41, 5.74) is 10.6. The summed E-state index contributed by atoms with van der Waals surface area (Å²) in [7, 11) is 1.90. The van der Waals surface area contributed by atoms with E-state index in [1.54, 1.807) is 12.2 Å². The minimum atomic E-state index is 0.355. The quantitative estimate of drug-likeness (QED) is 0.485. The number of benzene rings is 1. The number of quaternary nitrogens is 1. The van der Waals surface area contributed by atoms with Crippen LogP contribution in [-0.4, -0.2) is 18.5 Å². The summed E-state index contributed by atoms with van der Waals surface area (Å²) in [6, 6.07) is 5.68. The zero-order valence-corrected chi connectivity index (χ0v) is 11.7. The maximum Gasteiger partial charge on any atom is 0.103 e. The Morgan fingerprint density at radius 1 is 1.35 bits per heavy atom. The molecule has 0 amide bonds. The second-order valence-corrected chi connectivity index (χ2v) is 4.68. The Morgan fingerprint density at radius 3 is 2.80 bits per heavy atom. The molecule has 1 aromatic carbocycles. The number of allylic oxidation sites excluding steroid dienone is 5. The van der Waals surface area contributed by atoms with Crippen molar-refractivity contribution in [2.75, 3.05) is 12.8 Å². The van der Waals surface area contributed by atoms with Crippen molar-refractivity contribution in [3.63, 3.8) is 0 Å². The normalized spacial score (nSPS) is 16.4. The topological polar surface area (TPSA) is 90.3 Å². The third-order valence-electron chi connectivity index (χ3n) is 3.30. The minimum Gasteiger partial charge on any atom is -0.398 e. The van der Waals surface area contributed by atoms with Crippen molar-refractivity contribution in [1.29, 1.82) is 10.8 Å². The molecule has 0 atom stereocenters. The molecule has 2 rings (SSSR count). The van der Waals surface area contributed by atoms with E-state index in [-0.39, 0.29) is 0 Å². The van der Waals surface area contributed by atoms with E-state index in [0.29, 0.717) is 22.7 Å². The van der Waals surface area contributed by atoms with Gasteiger partial charge in [0, 0.05) is 16.8 Å². The Labute approximate surface area is 118 Å². The molecule has 1 aliphatic rings. The molecule has 0 aromatic heterocycles. The molecule has 1 aliphatic carbocycles. The number of aryl methyl sites for hydroxylation is 1. The number of anilines is 1. The number of hydrogen-bond acceptors (Lipinski definition) is 3. The van der Waals surface area contributed by atoms with Crippen LogP contribution in [-0.2, 0) is 0 Å². The van der Waals surface area contributed by atoms with Crippen LogP contribution in [0.15, 0.2) is 53.8 Å². The first-order valence-corrected chi connectivity index (χ1v) is 6.48. The van der Waals surface area contributed by atoms with Gasteiger partial charge in [0.05, 0.1) is 24.0 Å². The molecule has 0 aliphatic heterocycles. The van der Waals surface area contributed by atoms with E-state index in [0.717, 1.165) is 16.7 Å². The molecular weight excluding hydrogens is 248 g/mol. The van der Waals surface area contributed by atoms with Gasteiger partial charge in [0.1, 0.15) is 6.20 Å². The molecule has 0 saturated carbocycles. The van der Waals surface area contributed by atoms with Crippen molar-refractivity contribution in [2.45, 2.75) is 6.92 Å². The maximum atomic E-state index is 8.43. The van der Waals surface area contributed by atoms with Gasteiger partial charge in [-0.3, -0.25) is 5.41 Å². The van der Waals surface area contributed by atoms with Crippen LogP contribution in [0, 0.1) is 17.7 Å². The van der Waals surface area contributed by atoms with E-state index in [2.05, 4.69) is 0 Å². The fourth-order valence-electron chi connectivity index (χ4n) is 2.17. The minimum absolute atomic E-state index is 0.355. The van der Waals surface area contributed by atoms with Gasteiger partial charge in [0.15, 0.2) is 0 Å². The third kappa shape index (κ3) is 2.46. The molecule has 0 spiro atoms. The Hall–Kier alpha value is -2.46. The van der Waals surface area contributed by atoms with E-state index in [1.807, 2.05) is 49.8 Å². The molecule has 0 heterocycles. The van der Waals surface area contributed by atoms with Gasteiger partial charge in [-0.15, -0.1) is 0 Å². The lowest BCUT2D eigenvalue weighted by molar-refractivity contribution is -0.556. The zero-order chi connectivity index (χ0) is 14.7. The molecule has 0 unspecified atom stereocenters. The van der Waals surface area contributed by atoms with Crippen LogP contribution in [0.5, 0.6) is 0 Å². The summed E-state index contributed by atoms with van der Waals surface area (Å²) in [5, 5.41) is 18.3. The van der Waals surface area contributed by atoms with Crippen molar-refractivity contribution in [1.82, 2.24) is 0 Å². The van der Waals surface area contributed by atoms with Crippen LogP contribution < -0.4 is 11.1 Å². The van der Waals surface area contributed by atoms with E-state index >= 15 is 0 Å². The fourth-order valence-corrected chi connectivity index (χ4v) is 2.17. The molecular formula is C16H19N4+. The maximum absolute atomic E-state index is 8.43. The van der Waals surface area contributed by atoms with Gasteiger partial charge in [0.2, 0.25) is 0 Å². The second kappa shape index (κ2) is 5.67. The number of nitrogen functional groups attached to an aromatic ring is 1. The Balaban J connectivity index is 2.49. The summed E-state index contributed by atoms with van der Waals surface area (Å²) in [4.78, 5) is 0. The Bertz CT molecular complexity index is 663. The third-order valence-corrected chi connectivity index (χ3v) is 3.30. The van der Waals surface area contributed by atoms with Crippen molar-refractivity contribution < 1.29 is 5.32 Å². The Morgan fingerprint density at radius 2 is 2.10 bits per heavy atom. The first-order chi connectivity index (χ1) is 9.56. The van der Waals surface area contributed by atoms with Gasteiger partial charge in [0.25, 0.3) is 0 Å². The molecule has 6 N–H and O–H groups in total. The monoisotopic (exact) mass is 267 g/mol. The van der Waals surface area contributed by atoms with Crippen LogP contribution in [0.1, 0.15) is 11.1 Å². The van der Waals surface area contributed by atoms with Gasteiger partial charge in [-0.25, -0.2) is 0 Å². The van der Waals surface area contributed by atoms with Crippen molar-refractivity contribution in [2.24, 2.45) is 0 Å². The predicted octanol–water partition coefficient (Wildman–Crippen LogP) is 1.54. The molecule has 0 bridgehead atoms. The van der Waals surface area contributed by atoms with Crippen LogP contribution in [0.3, 0.4) is 0 Å². The van der Waals surface area contributed by atoms with Gasteiger partial charge in [-0.1, -0.05) is 30.4 Å².